The predicted molar refractivity (Wildman–Crippen MR) is 98.6 cm³/mol. The molecule has 0 aliphatic heterocycles. The molecule has 2 aromatic heterocycles. The number of aromatic nitrogens is 3. The Morgan fingerprint density at radius 1 is 1.00 bits per heavy atom. The van der Waals surface area contributed by atoms with Crippen molar-refractivity contribution in [1.29, 1.82) is 0 Å². The summed E-state index contributed by atoms with van der Waals surface area (Å²) >= 11 is 0. The molecule has 2 aromatic carbocycles. The number of benzene rings is 2. The normalized spacial score (nSPS) is 11.0. The van der Waals surface area contributed by atoms with Gasteiger partial charge >= 0.3 is 0 Å². The van der Waals surface area contributed by atoms with Gasteiger partial charge in [0.25, 0.3) is 5.91 Å². The third-order valence-electron chi connectivity index (χ3n) is 4.32. The first-order valence-corrected chi connectivity index (χ1v) is 8.15. The summed E-state index contributed by atoms with van der Waals surface area (Å²) in [7, 11) is 0. The van der Waals surface area contributed by atoms with Crippen molar-refractivity contribution < 1.29 is 4.79 Å². The van der Waals surface area contributed by atoms with Crippen LogP contribution in [-0.4, -0.2) is 20.7 Å². The molecule has 0 unspecified atom stereocenters. The number of carbonyl (C=O) groups excluding carboxylic acids is 1. The molecular weight excluding hydrogens is 310 g/mol. The number of hydrogen-bond acceptors (Lipinski definition) is 3. The lowest BCUT2D eigenvalue weighted by Crippen LogP contribution is -2.13. The fourth-order valence-corrected chi connectivity index (χ4v) is 3.10. The topological polar surface area (TPSA) is 47.8 Å². The highest BCUT2D eigenvalue weighted by atomic mass is 16.2. The van der Waals surface area contributed by atoms with Crippen LogP contribution in [-0.2, 0) is 0 Å². The van der Waals surface area contributed by atoms with Gasteiger partial charge in [-0.3, -0.25) is 4.79 Å². The number of para-hydroxylation sites is 1. The van der Waals surface area contributed by atoms with E-state index in [-0.39, 0.29) is 5.91 Å². The molecule has 4 aromatic rings. The number of hydrogen-bond donors (Lipinski definition) is 0. The van der Waals surface area contributed by atoms with Gasteiger partial charge in [-0.1, -0.05) is 42.0 Å². The monoisotopic (exact) mass is 327 g/mol. The van der Waals surface area contributed by atoms with Gasteiger partial charge in [0.05, 0.1) is 16.8 Å². The number of fused-ring (bicyclic) bond motifs is 1. The summed E-state index contributed by atoms with van der Waals surface area (Å²) in [4.78, 5) is 17.7. The van der Waals surface area contributed by atoms with Gasteiger partial charge in [-0.2, -0.15) is 5.10 Å². The Hall–Kier alpha value is -3.27. The maximum absolute atomic E-state index is 12.9. The first-order chi connectivity index (χ1) is 12.1. The minimum Gasteiger partial charge on any atom is -0.267 e. The largest absolute Gasteiger partial charge is 0.278 e. The molecule has 4 nitrogen and oxygen atoms in total. The van der Waals surface area contributed by atoms with Gasteiger partial charge in [-0.15, -0.1) is 0 Å². The molecule has 0 saturated heterocycles. The lowest BCUT2D eigenvalue weighted by molar-refractivity contribution is 0.0946. The van der Waals surface area contributed by atoms with Gasteiger partial charge in [0.15, 0.2) is 0 Å². The molecule has 25 heavy (non-hydrogen) atoms. The van der Waals surface area contributed by atoms with E-state index >= 15 is 0 Å². The van der Waals surface area contributed by atoms with E-state index in [9.17, 15) is 4.79 Å². The van der Waals surface area contributed by atoms with Gasteiger partial charge in [0.2, 0.25) is 0 Å². The fraction of sp³-hybridized carbons (Fsp3) is 0.0952. The highest BCUT2D eigenvalue weighted by Crippen LogP contribution is 2.28. The van der Waals surface area contributed by atoms with Crippen LogP contribution >= 0.6 is 0 Å². The van der Waals surface area contributed by atoms with Crippen molar-refractivity contribution in [3.05, 3.63) is 83.7 Å². The van der Waals surface area contributed by atoms with Crippen LogP contribution in [0, 0.1) is 13.8 Å². The van der Waals surface area contributed by atoms with Crippen LogP contribution in [0.5, 0.6) is 0 Å². The number of aryl methyl sites for hydroxylation is 2. The molecule has 4 rings (SSSR count). The Morgan fingerprint density at radius 2 is 1.84 bits per heavy atom. The number of pyridine rings is 1. The van der Waals surface area contributed by atoms with Gasteiger partial charge in [-0.05, 0) is 37.6 Å². The molecule has 0 aliphatic carbocycles. The van der Waals surface area contributed by atoms with Crippen molar-refractivity contribution in [3.63, 3.8) is 0 Å². The van der Waals surface area contributed by atoms with Gasteiger partial charge in [0.1, 0.15) is 0 Å². The van der Waals surface area contributed by atoms with Crippen LogP contribution in [0.4, 0.5) is 0 Å². The SMILES string of the molecule is Cc1ccc(-c2cc(C(=O)n3cccn3)c3ccccc3n2)c(C)c1. The van der Waals surface area contributed by atoms with Crippen molar-refractivity contribution >= 4 is 16.8 Å². The Labute approximate surface area is 145 Å². The Kier molecular flexibility index (Phi) is 3.65. The summed E-state index contributed by atoms with van der Waals surface area (Å²) in [6.07, 6.45) is 3.26. The molecule has 0 N–H and O–H groups in total. The maximum Gasteiger partial charge on any atom is 0.278 e. The zero-order valence-electron chi connectivity index (χ0n) is 14.1. The predicted octanol–water partition coefficient (Wildman–Crippen LogP) is 4.40. The van der Waals surface area contributed by atoms with Crippen molar-refractivity contribution in [2.45, 2.75) is 13.8 Å². The lowest BCUT2D eigenvalue weighted by Gasteiger charge is -2.11. The molecule has 0 fully saturated rings. The molecule has 2 heterocycles. The minimum absolute atomic E-state index is 0.158. The Bertz CT molecular complexity index is 1080. The minimum atomic E-state index is -0.158. The number of carbonyl (C=O) groups is 1. The first-order valence-electron chi connectivity index (χ1n) is 8.15. The number of rotatable bonds is 2. The summed E-state index contributed by atoms with van der Waals surface area (Å²) in [6.45, 7) is 4.13. The molecule has 0 amide bonds. The van der Waals surface area contributed by atoms with E-state index in [1.54, 1.807) is 18.5 Å². The van der Waals surface area contributed by atoms with Crippen LogP contribution in [0.25, 0.3) is 22.2 Å². The lowest BCUT2D eigenvalue weighted by atomic mass is 9.99. The number of nitrogens with zero attached hydrogens (tertiary/aromatic N) is 3. The summed E-state index contributed by atoms with van der Waals surface area (Å²) < 4.78 is 1.35. The Balaban J connectivity index is 1.97. The molecule has 122 valence electrons. The third kappa shape index (κ3) is 2.72. The van der Waals surface area contributed by atoms with E-state index in [2.05, 4.69) is 37.1 Å². The first kappa shape index (κ1) is 15.3. The summed E-state index contributed by atoms with van der Waals surface area (Å²) in [5.41, 5.74) is 5.58. The van der Waals surface area contributed by atoms with Gasteiger partial charge < -0.3 is 0 Å². The second-order valence-electron chi connectivity index (χ2n) is 6.15. The van der Waals surface area contributed by atoms with Crippen LogP contribution in [0.2, 0.25) is 0 Å². The zero-order chi connectivity index (χ0) is 17.4. The van der Waals surface area contributed by atoms with Crippen LogP contribution < -0.4 is 0 Å². The fourth-order valence-electron chi connectivity index (χ4n) is 3.10. The van der Waals surface area contributed by atoms with E-state index in [0.717, 1.165) is 27.7 Å². The quantitative estimate of drug-likeness (QED) is 0.548. The molecule has 0 aliphatic rings. The average Bonchev–Trinajstić information content (AvgIpc) is 3.15. The molecule has 0 radical (unpaired) electrons. The molecule has 0 atom stereocenters. The van der Waals surface area contributed by atoms with E-state index in [4.69, 9.17) is 4.98 Å². The Morgan fingerprint density at radius 3 is 2.60 bits per heavy atom. The van der Waals surface area contributed by atoms with Crippen LogP contribution in [0.1, 0.15) is 21.5 Å². The van der Waals surface area contributed by atoms with E-state index < -0.39 is 0 Å². The van der Waals surface area contributed by atoms with Crippen molar-refractivity contribution in [1.82, 2.24) is 14.8 Å². The van der Waals surface area contributed by atoms with Crippen molar-refractivity contribution in [2.75, 3.05) is 0 Å². The smallest absolute Gasteiger partial charge is 0.267 e. The standard InChI is InChI=1S/C21H17N3O/c1-14-8-9-16(15(2)12-14)20-13-18(21(25)24-11-5-10-22-24)17-6-3-4-7-19(17)23-20/h3-13H,1-2H3. The maximum atomic E-state index is 12.9. The molecule has 4 heteroatoms. The van der Waals surface area contributed by atoms with Gasteiger partial charge in [-0.25, -0.2) is 9.67 Å². The van der Waals surface area contributed by atoms with E-state index in [0.29, 0.717) is 5.56 Å². The average molecular weight is 327 g/mol. The van der Waals surface area contributed by atoms with Crippen LogP contribution in [0.3, 0.4) is 0 Å². The van der Waals surface area contributed by atoms with Crippen LogP contribution in [0.15, 0.2) is 67.0 Å². The van der Waals surface area contributed by atoms with Gasteiger partial charge in [0, 0.05) is 23.3 Å². The zero-order valence-corrected chi connectivity index (χ0v) is 14.1. The summed E-state index contributed by atoms with van der Waals surface area (Å²) in [5, 5.41) is 4.91. The second kappa shape index (κ2) is 5.98. The third-order valence-corrected chi connectivity index (χ3v) is 4.32. The molecule has 0 spiro atoms. The highest BCUT2D eigenvalue weighted by molar-refractivity contribution is 6.07. The van der Waals surface area contributed by atoms with Crippen molar-refractivity contribution in [3.8, 4) is 11.3 Å². The molecular formula is C21H17N3O. The van der Waals surface area contributed by atoms with Crippen molar-refractivity contribution in [2.24, 2.45) is 0 Å². The summed E-state index contributed by atoms with van der Waals surface area (Å²) in [5.74, 6) is -0.158. The molecule has 0 bridgehead atoms. The highest BCUT2D eigenvalue weighted by Gasteiger charge is 2.16. The van der Waals surface area contributed by atoms with E-state index in [1.165, 1.54) is 10.2 Å². The summed E-state index contributed by atoms with van der Waals surface area (Å²) in [6, 6.07) is 17.6. The van der Waals surface area contributed by atoms with E-state index in [1.807, 2.05) is 30.3 Å². The molecule has 0 saturated carbocycles. The second-order valence-corrected chi connectivity index (χ2v) is 6.15.